The molecule has 5 aromatic carbocycles. The normalized spacial score (nSPS) is 11.0. The molecular weight excluding hydrogens is 625 g/mol. The number of carbonyl (C=O) groups is 3. The molecule has 5 aromatic rings. The van der Waals surface area contributed by atoms with E-state index in [0.29, 0.717) is 22.0 Å². The van der Waals surface area contributed by atoms with Crippen LogP contribution in [0.3, 0.4) is 0 Å². The van der Waals surface area contributed by atoms with Crippen LogP contribution in [0.5, 0.6) is 0 Å². The lowest BCUT2D eigenvalue weighted by Crippen LogP contribution is -2.30. The average Bonchev–Trinajstić information content (AvgIpc) is 3.07. The van der Waals surface area contributed by atoms with E-state index in [9.17, 15) is 14.4 Å². The smallest absolute Gasteiger partial charge is 0.272 e. The van der Waals surface area contributed by atoms with Crippen LogP contribution in [0.15, 0.2) is 138 Å². The summed E-state index contributed by atoms with van der Waals surface area (Å²) in [5.41, 5.74) is 4.28. The molecule has 224 valence electrons. The van der Waals surface area contributed by atoms with E-state index < -0.39 is 11.8 Å². The highest BCUT2D eigenvalue weighted by Gasteiger charge is 2.16. The molecule has 6 nitrogen and oxygen atoms in total. The Kier molecular flexibility index (Phi) is 10.7. The summed E-state index contributed by atoms with van der Waals surface area (Å²) in [6.45, 7) is 0. The predicted molar refractivity (Wildman–Crippen MR) is 185 cm³/mol. The summed E-state index contributed by atoms with van der Waals surface area (Å²) >= 11 is 13.5. The summed E-state index contributed by atoms with van der Waals surface area (Å²) in [6, 6.07) is 38.5. The summed E-state index contributed by atoms with van der Waals surface area (Å²) in [7, 11) is 0. The van der Waals surface area contributed by atoms with E-state index in [0.717, 1.165) is 21.6 Å². The number of rotatable bonds is 10. The molecule has 45 heavy (non-hydrogen) atoms. The molecule has 0 aliphatic heterocycles. The van der Waals surface area contributed by atoms with Crippen LogP contribution in [0.1, 0.15) is 15.9 Å². The summed E-state index contributed by atoms with van der Waals surface area (Å²) < 4.78 is 0. The SMILES string of the molecule is O=C(CSc1cccc(NC(=O)/C(=C\c2ccc(-c3ccccc3)cc2)NC(=O)c2ccccc2)c1)Nc1cccc(Cl)c1Cl. The largest absolute Gasteiger partial charge is 0.324 e. The Morgan fingerprint density at radius 2 is 1.36 bits per heavy atom. The lowest BCUT2D eigenvalue weighted by atomic mass is 10.0. The van der Waals surface area contributed by atoms with Gasteiger partial charge in [-0.25, -0.2) is 0 Å². The Balaban J connectivity index is 1.30. The highest BCUT2D eigenvalue weighted by Crippen LogP contribution is 2.30. The molecule has 0 unspecified atom stereocenters. The van der Waals surface area contributed by atoms with Crippen LogP contribution in [-0.4, -0.2) is 23.5 Å². The molecule has 0 heterocycles. The van der Waals surface area contributed by atoms with Gasteiger partial charge in [0.15, 0.2) is 0 Å². The van der Waals surface area contributed by atoms with Gasteiger partial charge in [-0.2, -0.15) is 0 Å². The molecule has 0 spiro atoms. The van der Waals surface area contributed by atoms with E-state index in [4.69, 9.17) is 23.2 Å². The number of hydrogen-bond acceptors (Lipinski definition) is 4. The second kappa shape index (κ2) is 15.3. The highest BCUT2D eigenvalue weighted by molar-refractivity contribution is 8.00. The monoisotopic (exact) mass is 651 g/mol. The van der Waals surface area contributed by atoms with E-state index in [2.05, 4.69) is 16.0 Å². The average molecular weight is 653 g/mol. The van der Waals surface area contributed by atoms with Crippen molar-refractivity contribution in [2.24, 2.45) is 0 Å². The first-order chi connectivity index (χ1) is 21.9. The molecule has 3 amide bonds. The standard InChI is InChI=1S/C36H27Cl2N3O3S/c37-30-15-8-16-31(34(30)38)40-33(42)23-45-29-14-7-13-28(22-29)39-36(44)32(41-35(43)27-11-5-2-6-12-27)21-24-17-19-26(20-18-24)25-9-3-1-4-10-25/h1-22H,23H2,(H,39,44)(H,40,42)(H,41,43)/b32-21+. The van der Waals surface area contributed by atoms with E-state index in [-0.39, 0.29) is 22.4 Å². The van der Waals surface area contributed by atoms with Gasteiger partial charge in [0.2, 0.25) is 5.91 Å². The number of amides is 3. The van der Waals surface area contributed by atoms with Gasteiger partial charge in [0, 0.05) is 16.1 Å². The van der Waals surface area contributed by atoms with Gasteiger partial charge in [0.05, 0.1) is 21.5 Å². The fourth-order valence-corrected chi connectivity index (χ4v) is 5.41. The van der Waals surface area contributed by atoms with Crippen molar-refractivity contribution in [2.45, 2.75) is 4.90 Å². The molecule has 0 bridgehead atoms. The maximum Gasteiger partial charge on any atom is 0.272 e. The first-order valence-electron chi connectivity index (χ1n) is 13.9. The second-order valence-electron chi connectivity index (χ2n) is 9.79. The van der Waals surface area contributed by atoms with Gasteiger partial charge in [0.1, 0.15) is 5.70 Å². The first-order valence-corrected chi connectivity index (χ1v) is 15.6. The van der Waals surface area contributed by atoms with E-state index in [1.165, 1.54) is 11.8 Å². The van der Waals surface area contributed by atoms with Crippen LogP contribution >= 0.6 is 35.0 Å². The Labute approximate surface area is 275 Å². The molecule has 3 N–H and O–H groups in total. The van der Waals surface area contributed by atoms with Gasteiger partial charge in [-0.15, -0.1) is 11.8 Å². The van der Waals surface area contributed by atoms with Crippen molar-refractivity contribution in [3.05, 3.63) is 154 Å². The fraction of sp³-hybridized carbons (Fsp3) is 0.0278. The van der Waals surface area contributed by atoms with Gasteiger partial charge in [-0.1, -0.05) is 108 Å². The van der Waals surface area contributed by atoms with Gasteiger partial charge < -0.3 is 16.0 Å². The van der Waals surface area contributed by atoms with Crippen LogP contribution in [-0.2, 0) is 9.59 Å². The lowest BCUT2D eigenvalue weighted by Gasteiger charge is -2.12. The highest BCUT2D eigenvalue weighted by atomic mass is 35.5. The molecular formula is C36H27Cl2N3O3S. The topological polar surface area (TPSA) is 87.3 Å². The minimum absolute atomic E-state index is 0.0761. The quantitative estimate of drug-likeness (QED) is 0.104. The third kappa shape index (κ3) is 8.86. The number of thioether (sulfide) groups is 1. The molecule has 0 saturated heterocycles. The van der Waals surface area contributed by atoms with Crippen LogP contribution < -0.4 is 16.0 Å². The molecule has 0 fully saturated rings. The van der Waals surface area contributed by atoms with Crippen molar-refractivity contribution >= 4 is 70.1 Å². The van der Waals surface area contributed by atoms with Crippen molar-refractivity contribution in [3.63, 3.8) is 0 Å². The van der Waals surface area contributed by atoms with Crippen LogP contribution in [0, 0.1) is 0 Å². The second-order valence-corrected chi connectivity index (χ2v) is 11.6. The molecule has 0 aliphatic carbocycles. The van der Waals surface area contributed by atoms with Gasteiger partial charge in [-0.05, 0) is 65.2 Å². The van der Waals surface area contributed by atoms with Crippen LogP contribution in [0.25, 0.3) is 17.2 Å². The maximum atomic E-state index is 13.5. The molecule has 0 atom stereocenters. The Hall–Kier alpha value is -4.82. The minimum atomic E-state index is -0.498. The molecule has 0 radical (unpaired) electrons. The van der Waals surface area contributed by atoms with Crippen LogP contribution in [0.2, 0.25) is 10.0 Å². The van der Waals surface area contributed by atoms with Crippen molar-refractivity contribution in [2.75, 3.05) is 16.4 Å². The fourth-order valence-electron chi connectivity index (χ4n) is 4.31. The molecule has 5 rings (SSSR count). The van der Waals surface area contributed by atoms with E-state index in [1.807, 2.05) is 66.7 Å². The van der Waals surface area contributed by atoms with Crippen molar-refractivity contribution in [1.82, 2.24) is 5.32 Å². The van der Waals surface area contributed by atoms with Crippen molar-refractivity contribution < 1.29 is 14.4 Å². The molecule has 9 heteroatoms. The zero-order chi connectivity index (χ0) is 31.6. The van der Waals surface area contributed by atoms with E-state index in [1.54, 1.807) is 66.7 Å². The minimum Gasteiger partial charge on any atom is -0.324 e. The zero-order valence-electron chi connectivity index (χ0n) is 23.8. The Morgan fingerprint density at radius 3 is 2.09 bits per heavy atom. The van der Waals surface area contributed by atoms with E-state index >= 15 is 0 Å². The van der Waals surface area contributed by atoms with Crippen molar-refractivity contribution in [1.29, 1.82) is 0 Å². The van der Waals surface area contributed by atoms with Gasteiger partial charge in [0.25, 0.3) is 11.8 Å². The summed E-state index contributed by atoms with van der Waals surface area (Å²) in [5.74, 6) is -1.06. The number of benzene rings is 5. The van der Waals surface area contributed by atoms with Crippen LogP contribution in [0.4, 0.5) is 11.4 Å². The van der Waals surface area contributed by atoms with Gasteiger partial charge in [-0.3, -0.25) is 14.4 Å². The number of halogens is 2. The lowest BCUT2D eigenvalue weighted by molar-refractivity contribution is -0.114. The predicted octanol–water partition coefficient (Wildman–Crippen LogP) is 8.80. The third-order valence-corrected chi connectivity index (χ3v) is 8.36. The molecule has 0 saturated carbocycles. The van der Waals surface area contributed by atoms with Crippen molar-refractivity contribution in [3.8, 4) is 11.1 Å². The molecule has 0 aliphatic rings. The number of nitrogens with one attached hydrogen (secondary N) is 3. The summed E-state index contributed by atoms with van der Waals surface area (Å²) in [4.78, 5) is 39.9. The van der Waals surface area contributed by atoms with Gasteiger partial charge >= 0.3 is 0 Å². The number of carbonyl (C=O) groups excluding carboxylic acids is 3. The Morgan fingerprint density at radius 1 is 0.689 bits per heavy atom. The number of anilines is 2. The zero-order valence-corrected chi connectivity index (χ0v) is 26.1. The maximum absolute atomic E-state index is 13.5. The number of hydrogen-bond donors (Lipinski definition) is 3. The summed E-state index contributed by atoms with van der Waals surface area (Å²) in [6.07, 6.45) is 1.63. The molecule has 0 aromatic heterocycles. The third-order valence-electron chi connectivity index (χ3n) is 6.55. The first kappa shape index (κ1) is 31.6. The summed E-state index contributed by atoms with van der Waals surface area (Å²) in [5, 5.41) is 9.02. The Bertz CT molecular complexity index is 1850.